The van der Waals surface area contributed by atoms with E-state index in [-0.39, 0.29) is 12.3 Å². The molecule has 1 N–H and O–H groups in total. The second-order valence-electron chi connectivity index (χ2n) is 5.91. The molecule has 24 heavy (non-hydrogen) atoms. The molecule has 3 aromatic rings. The average molecular weight is 344 g/mol. The van der Waals surface area contributed by atoms with Gasteiger partial charge in [0.15, 0.2) is 0 Å². The van der Waals surface area contributed by atoms with Gasteiger partial charge in [-0.25, -0.2) is 4.98 Å². The number of pyridine rings is 1. The number of amides is 1. The third-order valence-electron chi connectivity index (χ3n) is 3.64. The molecule has 3 rings (SSSR count). The van der Waals surface area contributed by atoms with Gasteiger partial charge in [0.2, 0.25) is 11.0 Å². The first-order chi connectivity index (χ1) is 11.5. The van der Waals surface area contributed by atoms with Crippen molar-refractivity contribution in [2.24, 2.45) is 0 Å². The molecule has 0 atom stereocenters. The molecular formula is C16H20N6OS. The molecule has 126 valence electrons. The number of fused-ring (bicyclic) bond motifs is 1. The normalized spacial score (nSPS) is 11.3. The largest absolute Gasteiger partial charge is 0.309 e. The van der Waals surface area contributed by atoms with E-state index in [0.29, 0.717) is 5.13 Å². The van der Waals surface area contributed by atoms with Crippen LogP contribution in [0.3, 0.4) is 0 Å². The fraction of sp³-hybridized carbons (Fsp3) is 0.375. The van der Waals surface area contributed by atoms with Crippen LogP contribution in [0.2, 0.25) is 0 Å². The fourth-order valence-electron chi connectivity index (χ4n) is 2.39. The maximum Gasteiger partial charge on any atom is 0.232 e. The Bertz CT molecular complexity index is 853. The molecule has 0 bridgehead atoms. The van der Waals surface area contributed by atoms with Crippen molar-refractivity contribution in [1.29, 1.82) is 0 Å². The van der Waals surface area contributed by atoms with Gasteiger partial charge in [-0.1, -0.05) is 17.4 Å². The van der Waals surface area contributed by atoms with Gasteiger partial charge in [0.1, 0.15) is 10.7 Å². The quantitative estimate of drug-likeness (QED) is 0.738. The van der Waals surface area contributed by atoms with Crippen LogP contribution in [0.15, 0.2) is 24.5 Å². The number of nitrogens with zero attached hydrogens (tertiary/aromatic N) is 5. The second-order valence-corrected chi connectivity index (χ2v) is 6.98. The smallest absolute Gasteiger partial charge is 0.232 e. The monoisotopic (exact) mass is 344 g/mol. The zero-order valence-corrected chi connectivity index (χ0v) is 14.8. The SMILES string of the molecule is Cc1cccn2c(CC(=O)Nc3nnc(CCN(C)C)s3)cnc12. The Morgan fingerprint density at radius 1 is 1.38 bits per heavy atom. The summed E-state index contributed by atoms with van der Waals surface area (Å²) in [6.45, 7) is 2.91. The number of rotatable bonds is 6. The minimum Gasteiger partial charge on any atom is -0.309 e. The summed E-state index contributed by atoms with van der Waals surface area (Å²) < 4.78 is 1.94. The van der Waals surface area contributed by atoms with Crippen molar-refractivity contribution in [3.63, 3.8) is 0 Å². The van der Waals surface area contributed by atoms with Crippen molar-refractivity contribution in [1.82, 2.24) is 24.5 Å². The topological polar surface area (TPSA) is 75.4 Å². The summed E-state index contributed by atoms with van der Waals surface area (Å²) in [5.74, 6) is -0.117. The van der Waals surface area contributed by atoms with Gasteiger partial charge >= 0.3 is 0 Å². The standard InChI is InChI=1S/C16H20N6OS/c1-11-5-4-7-22-12(10-17-15(11)22)9-13(23)18-16-20-19-14(24-16)6-8-21(2)3/h4-5,7,10H,6,8-9H2,1-3H3,(H,18,20,23). The number of nitrogens with one attached hydrogen (secondary N) is 1. The molecule has 0 unspecified atom stereocenters. The van der Waals surface area contributed by atoms with E-state index in [1.54, 1.807) is 6.20 Å². The third-order valence-corrected chi connectivity index (χ3v) is 4.53. The van der Waals surface area contributed by atoms with Gasteiger partial charge in [-0.2, -0.15) is 0 Å². The molecule has 0 aliphatic rings. The highest BCUT2D eigenvalue weighted by Gasteiger charge is 2.12. The Kier molecular flexibility index (Phi) is 4.86. The van der Waals surface area contributed by atoms with Crippen LogP contribution in [0.25, 0.3) is 5.65 Å². The highest BCUT2D eigenvalue weighted by atomic mass is 32.1. The van der Waals surface area contributed by atoms with E-state index >= 15 is 0 Å². The Labute approximate surface area is 144 Å². The van der Waals surface area contributed by atoms with Gasteiger partial charge in [0, 0.05) is 25.4 Å². The van der Waals surface area contributed by atoms with Crippen molar-refractivity contribution >= 4 is 28.0 Å². The molecule has 7 nitrogen and oxygen atoms in total. The van der Waals surface area contributed by atoms with Gasteiger partial charge in [0.25, 0.3) is 0 Å². The number of aromatic nitrogens is 4. The first-order valence-electron chi connectivity index (χ1n) is 7.71. The summed E-state index contributed by atoms with van der Waals surface area (Å²) in [6, 6.07) is 3.95. The number of imidazole rings is 1. The van der Waals surface area contributed by atoms with Gasteiger partial charge in [-0.3, -0.25) is 4.79 Å². The molecule has 0 fully saturated rings. The molecule has 0 spiro atoms. The average Bonchev–Trinajstić information content (AvgIpc) is 3.13. The van der Waals surface area contributed by atoms with E-state index in [2.05, 4.69) is 25.4 Å². The number of carbonyl (C=O) groups excluding carboxylic acids is 1. The molecule has 0 aromatic carbocycles. The van der Waals surface area contributed by atoms with Gasteiger partial charge in [-0.05, 0) is 32.6 Å². The summed E-state index contributed by atoms with van der Waals surface area (Å²) in [5.41, 5.74) is 2.81. The Balaban J connectivity index is 1.64. The predicted molar refractivity (Wildman–Crippen MR) is 94.4 cm³/mol. The van der Waals surface area contributed by atoms with E-state index in [1.165, 1.54) is 11.3 Å². The van der Waals surface area contributed by atoms with Crippen LogP contribution in [0, 0.1) is 6.92 Å². The number of carbonyl (C=O) groups is 1. The molecule has 1 amide bonds. The maximum absolute atomic E-state index is 12.3. The van der Waals surface area contributed by atoms with Crippen LogP contribution in [0.5, 0.6) is 0 Å². The minimum absolute atomic E-state index is 0.117. The first kappa shape index (κ1) is 16.5. The lowest BCUT2D eigenvalue weighted by Crippen LogP contribution is -2.15. The number of likely N-dealkylation sites (N-methyl/N-ethyl adjacent to an activating group) is 1. The van der Waals surface area contributed by atoms with Crippen LogP contribution in [-0.4, -0.2) is 51.0 Å². The number of hydrogen-bond acceptors (Lipinski definition) is 6. The van der Waals surface area contributed by atoms with Crippen LogP contribution in [-0.2, 0) is 17.6 Å². The number of aryl methyl sites for hydroxylation is 1. The summed E-state index contributed by atoms with van der Waals surface area (Å²) in [6.07, 6.45) is 4.73. The minimum atomic E-state index is -0.117. The zero-order valence-electron chi connectivity index (χ0n) is 14.0. The van der Waals surface area contributed by atoms with Crippen molar-refractivity contribution < 1.29 is 4.79 Å². The predicted octanol–water partition coefficient (Wildman–Crippen LogP) is 1.78. The molecule has 0 radical (unpaired) electrons. The third kappa shape index (κ3) is 3.77. The second kappa shape index (κ2) is 7.06. The lowest BCUT2D eigenvalue weighted by Gasteiger charge is -2.05. The summed E-state index contributed by atoms with van der Waals surface area (Å²) in [5, 5.41) is 12.4. The van der Waals surface area contributed by atoms with Crippen molar-refractivity contribution in [2.45, 2.75) is 19.8 Å². The molecule has 0 aliphatic heterocycles. The molecule has 3 aromatic heterocycles. The van der Waals surface area contributed by atoms with E-state index in [4.69, 9.17) is 0 Å². The fourth-order valence-corrected chi connectivity index (χ4v) is 3.13. The molecule has 0 saturated heterocycles. The van der Waals surface area contributed by atoms with Crippen LogP contribution in [0.1, 0.15) is 16.3 Å². The van der Waals surface area contributed by atoms with E-state index in [9.17, 15) is 4.79 Å². The first-order valence-corrected chi connectivity index (χ1v) is 8.53. The Morgan fingerprint density at radius 3 is 3.00 bits per heavy atom. The van der Waals surface area contributed by atoms with E-state index < -0.39 is 0 Å². The zero-order chi connectivity index (χ0) is 17.1. The van der Waals surface area contributed by atoms with E-state index in [1.807, 2.05) is 43.7 Å². The Hall–Kier alpha value is -2.32. The highest BCUT2D eigenvalue weighted by Crippen LogP contribution is 2.17. The van der Waals surface area contributed by atoms with Crippen molar-refractivity contribution in [2.75, 3.05) is 26.0 Å². The number of anilines is 1. The van der Waals surface area contributed by atoms with Crippen LogP contribution in [0.4, 0.5) is 5.13 Å². The van der Waals surface area contributed by atoms with Crippen molar-refractivity contribution in [3.8, 4) is 0 Å². The van der Waals surface area contributed by atoms with Crippen molar-refractivity contribution in [3.05, 3.63) is 40.8 Å². The lowest BCUT2D eigenvalue weighted by atomic mass is 10.3. The lowest BCUT2D eigenvalue weighted by molar-refractivity contribution is -0.115. The van der Waals surface area contributed by atoms with Crippen LogP contribution >= 0.6 is 11.3 Å². The molecular weight excluding hydrogens is 324 g/mol. The maximum atomic E-state index is 12.3. The Morgan fingerprint density at radius 2 is 2.21 bits per heavy atom. The van der Waals surface area contributed by atoms with Gasteiger partial charge < -0.3 is 14.6 Å². The molecule has 0 aliphatic carbocycles. The highest BCUT2D eigenvalue weighted by molar-refractivity contribution is 7.15. The number of hydrogen-bond donors (Lipinski definition) is 1. The van der Waals surface area contributed by atoms with Gasteiger partial charge in [-0.15, -0.1) is 10.2 Å². The molecule has 8 heteroatoms. The van der Waals surface area contributed by atoms with Crippen LogP contribution < -0.4 is 5.32 Å². The summed E-state index contributed by atoms with van der Waals surface area (Å²) in [7, 11) is 4.03. The molecule has 0 saturated carbocycles. The summed E-state index contributed by atoms with van der Waals surface area (Å²) >= 11 is 1.42. The van der Waals surface area contributed by atoms with E-state index in [0.717, 1.165) is 34.9 Å². The summed E-state index contributed by atoms with van der Waals surface area (Å²) in [4.78, 5) is 18.7. The van der Waals surface area contributed by atoms with Gasteiger partial charge in [0.05, 0.1) is 12.1 Å². The molecule has 3 heterocycles.